The van der Waals surface area contributed by atoms with Crippen molar-refractivity contribution in [3.8, 4) is 11.5 Å². The van der Waals surface area contributed by atoms with Crippen molar-refractivity contribution in [3.05, 3.63) is 23.8 Å². The van der Waals surface area contributed by atoms with Crippen LogP contribution in [-0.4, -0.2) is 26.3 Å². The maximum absolute atomic E-state index is 5.92. The molecule has 106 valence electrons. The van der Waals surface area contributed by atoms with Gasteiger partial charge in [0.25, 0.3) is 0 Å². The molecular weight excluding hydrogens is 240 g/mol. The lowest BCUT2D eigenvalue weighted by molar-refractivity contribution is 0.340. The molecule has 0 aliphatic heterocycles. The Bertz CT molecular complexity index is 401. The Labute approximate surface area is 115 Å². The molecule has 0 bridgehead atoms. The molecule has 0 radical (unpaired) electrons. The molecule has 2 rings (SSSR count). The van der Waals surface area contributed by atoms with Gasteiger partial charge in [-0.1, -0.05) is 6.07 Å². The molecule has 1 aromatic rings. The van der Waals surface area contributed by atoms with Crippen LogP contribution in [0.25, 0.3) is 0 Å². The van der Waals surface area contributed by atoms with Crippen LogP contribution in [-0.2, 0) is 6.54 Å². The van der Waals surface area contributed by atoms with E-state index in [9.17, 15) is 0 Å². The third-order valence-corrected chi connectivity index (χ3v) is 3.81. The minimum Gasteiger partial charge on any atom is -0.493 e. The van der Waals surface area contributed by atoms with Gasteiger partial charge in [0.15, 0.2) is 11.5 Å². The molecule has 0 amide bonds. The number of rotatable bonds is 5. The number of nitrogens with one attached hydrogen (secondary N) is 1. The zero-order valence-corrected chi connectivity index (χ0v) is 11.8. The molecule has 19 heavy (non-hydrogen) atoms. The van der Waals surface area contributed by atoms with Gasteiger partial charge in [0, 0.05) is 18.6 Å². The van der Waals surface area contributed by atoms with Crippen molar-refractivity contribution in [3.63, 3.8) is 0 Å². The van der Waals surface area contributed by atoms with Crippen LogP contribution >= 0.6 is 0 Å². The van der Waals surface area contributed by atoms with Gasteiger partial charge in [0.2, 0.25) is 0 Å². The fourth-order valence-corrected chi connectivity index (χ4v) is 2.58. The van der Waals surface area contributed by atoms with Gasteiger partial charge < -0.3 is 20.5 Å². The third-order valence-electron chi connectivity index (χ3n) is 3.81. The van der Waals surface area contributed by atoms with Crippen LogP contribution in [0.15, 0.2) is 18.2 Å². The van der Waals surface area contributed by atoms with Crippen molar-refractivity contribution in [2.75, 3.05) is 14.2 Å². The van der Waals surface area contributed by atoms with Gasteiger partial charge in [-0.2, -0.15) is 0 Å². The second kappa shape index (κ2) is 6.78. The minimum atomic E-state index is 0.402. The molecule has 1 aliphatic rings. The van der Waals surface area contributed by atoms with Crippen molar-refractivity contribution < 1.29 is 9.47 Å². The Morgan fingerprint density at radius 1 is 1.11 bits per heavy atom. The van der Waals surface area contributed by atoms with Gasteiger partial charge in [0.05, 0.1) is 14.2 Å². The van der Waals surface area contributed by atoms with Crippen LogP contribution in [0.4, 0.5) is 0 Å². The van der Waals surface area contributed by atoms with Crippen LogP contribution in [0.3, 0.4) is 0 Å². The van der Waals surface area contributed by atoms with Crippen LogP contribution in [0, 0.1) is 0 Å². The molecule has 0 heterocycles. The molecule has 0 spiro atoms. The zero-order chi connectivity index (χ0) is 13.7. The average Bonchev–Trinajstić information content (AvgIpc) is 2.46. The van der Waals surface area contributed by atoms with E-state index >= 15 is 0 Å². The first-order valence-corrected chi connectivity index (χ1v) is 6.92. The highest BCUT2D eigenvalue weighted by molar-refractivity contribution is 5.42. The van der Waals surface area contributed by atoms with Gasteiger partial charge in [-0.25, -0.2) is 0 Å². The molecule has 1 aromatic carbocycles. The Hall–Kier alpha value is -1.26. The van der Waals surface area contributed by atoms with E-state index in [2.05, 4.69) is 11.4 Å². The van der Waals surface area contributed by atoms with Crippen LogP contribution in [0.1, 0.15) is 31.2 Å². The normalized spacial score (nSPS) is 23.1. The SMILES string of the molecule is COc1ccc(CNC2CCC(N)CC2)cc1OC. The first-order chi connectivity index (χ1) is 9.22. The van der Waals surface area contributed by atoms with Gasteiger partial charge >= 0.3 is 0 Å². The Morgan fingerprint density at radius 2 is 1.79 bits per heavy atom. The molecule has 3 N–H and O–H groups in total. The molecule has 0 saturated heterocycles. The highest BCUT2D eigenvalue weighted by atomic mass is 16.5. The Kier molecular flexibility index (Phi) is 5.05. The molecule has 1 fully saturated rings. The lowest BCUT2D eigenvalue weighted by Gasteiger charge is -2.27. The standard InChI is InChI=1S/C15H24N2O2/c1-18-14-8-3-11(9-15(14)19-2)10-17-13-6-4-12(16)5-7-13/h3,8-9,12-13,17H,4-7,10,16H2,1-2H3. The molecule has 4 heteroatoms. The lowest BCUT2D eigenvalue weighted by Crippen LogP contribution is -2.37. The second-order valence-corrected chi connectivity index (χ2v) is 5.18. The molecule has 4 nitrogen and oxygen atoms in total. The molecule has 0 atom stereocenters. The van der Waals surface area contributed by atoms with E-state index in [0.717, 1.165) is 30.9 Å². The quantitative estimate of drug-likeness (QED) is 0.854. The fraction of sp³-hybridized carbons (Fsp3) is 0.600. The summed E-state index contributed by atoms with van der Waals surface area (Å²) in [5, 5.41) is 3.60. The van der Waals surface area contributed by atoms with E-state index in [4.69, 9.17) is 15.2 Å². The molecule has 1 aliphatic carbocycles. The van der Waals surface area contributed by atoms with Crippen molar-refractivity contribution in [2.45, 2.75) is 44.3 Å². The summed E-state index contributed by atoms with van der Waals surface area (Å²) in [5.74, 6) is 1.56. The van der Waals surface area contributed by atoms with Gasteiger partial charge in [-0.3, -0.25) is 0 Å². The highest BCUT2D eigenvalue weighted by Gasteiger charge is 2.17. The summed E-state index contributed by atoms with van der Waals surface area (Å²) in [6, 6.07) is 7.04. The first-order valence-electron chi connectivity index (χ1n) is 6.92. The van der Waals surface area contributed by atoms with E-state index in [1.165, 1.54) is 18.4 Å². The number of nitrogens with two attached hydrogens (primary N) is 1. The summed E-state index contributed by atoms with van der Waals surface area (Å²) in [6.07, 6.45) is 4.61. The summed E-state index contributed by atoms with van der Waals surface area (Å²) >= 11 is 0. The van der Waals surface area contributed by atoms with E-state index in [1.54, 1.807) is 14.2 Å². The highest BCUT2D eigenvalue weighted by Crippen LogP contribution is 2.27. The fourth-order valence-electron chi connectivity index (χ4n) is 2.58. The summed E-state index contributed by atoms with van der Waals surface area (Å²) in [4.78, 5) is 0. The maximum atomic E-state index is 5.92. The summed E-state index contributed by atoms with van der Waals surface area (Å²) in [7, 11) is 3.32. The summed E-state index contributed by atoms with van der Waals surface area (Å²) in [6.45, 7) is 0.861. The van der Waals surface area contributed by atoms with Crippen molar-refractivity contribution >= 4 is 0 Å². The molecule has 0 unspecified atom stereocenters. The van der Waals surface area contributed by atoms with Crippen LogP contribution in [0.5, 0.6) is 11.5 Å². The second-order valence-electron chi connectivity index (χ2n) is 5.18. The Morgan fingerprint density at radius 3 is 2.42 bits per heavy atom. The number of hydrogen-bond donors (Lipinski definition) is 2. The predicted molar refractivity (Wildman–Crippen MR) is 76.6 cm³/mol. The lowest BCUT2D eigenvalue weighted by atomic mass is 9.92. The van der Waals surface area contributed by atoms with E-state index < -0.39 is 0 Å². The van der Waals surface area contributed by atoms with Crippen molar-refractivity contribution in [1.29, 1.82) is 0 Å². The predicted octanol–water partition coefficient (Wildman–Crippen LogP) is 2.06. The van der Waals surface area contributed by atoms with Crippen LogP contribution in [0.2, 0.25) is 0 Å². The number of methoxy groups -OCH3 is 2. The minimum absolute atomic E-state index is 0.402. The van der Waals surface area contributed by atoms with Crippen molar-refractivity contribution in [2.24, 2.45) is 5.73 Å². The maximum Gasteiger partial charge on any atom is 0.161 e. The van der Waals surface area contributed by atoms with Gasteiger partial charge in [0.1, 0.15) is 0 Å². The van der Waals surface area contributed by atoms with Crippen molar-refractivity contribution in [1.82, 2.24) is 5.32 Å². The molecular formula is C15H24N2O2. The third kappa shape index (κ3) is 3.85. The topological polar surface area (TPSA) is 56.5 Å². The van der Waals surface area contributed by atoms with E-state index in [-0.39, 0.29) is 0 Å². The monoisotopic (exact) mass is 264 g/mol. The van der Waals surface area contributed by atoms with E-state index in [1.807, 2.05) is 12.1 Å². The molecule has 1 saturated carbocycles. The number of benzene rings is 1. The largest absolute Gasteiger partial charge is 0.493 e. The average molecular weight is 264 g/mol. The molecule has 0 aromatic heterocycles. The van der Waals surface area contributed by atoms with Gasteiger partial charge in [-0.05, 0) is 43.4 Å². The Balaban J connectivity index is 1.89. The number of ether oxygens (including phenoxy) is 2. The van der Waals surface area contributed by atoms with Crippen LogP contribution < -0.4 is 20.5 Å². The van der Waals surface area contributed by atoms with Gasteiger partial charge in [-0.15, -0.1) is 0 Å². The first kappa shape index (κ1) is 14.2. The smallest absolute Gasteiger partial charge is 0.161 e. The number of hydrogen-bond acceptors (Lipinski definition) is 4. The van der Waals surface area contributed by atoms with E-state index in [0.29, 0.717) is 12.1 Å². The summed E-state index contributed by atoms with van der Waals surface area (Å²) in [5.41, 5.74) is 7.13. The summed E-state index contributed by atoms with van der Waals surface area (Å²) < 4.78 is 10.6. The zero-order valence-electron chi connectivity index (χ0n) is 11.8.